The number of carbonyl (C=O) groups is 1. The quantitative estimate of drug-likeness (QED) is 0.161. The third kappa shape index (κ3) is 5.84. The fraction of sp³-hybridized carbons (Fsp3) is 0.333. The van der Waals surface area contributed by atoms with Crippen molar-refractivity contribution in [2.24, 2.45) is 5.92 Å². The van der Waals surface area contributed by atoms with E-state index in [9.17, 15) is 9.36 Å². The Hall–Kier alpha value is -2.50. The Bertz CT molecular complexity index is 1320. The number of anilines is 1. The molecule has 1 unspecified atom stereocenters. The number of fused-ring (bicyclic) bond motifs is 1. The minimum absolute atomic E-state index is 0.0575. The molecule has 14 heteroatoms. The summed E-state index contributed by atoms with van der Waals surface area (Å²) in [5.41, 5.74) is 6.73. The first-order valence-corrected chi connectivity index (χ1v) is 13.3. The minimum Gasteiger partial charge on any atom is -0.468 e. The molecule has 11 nitrogen and oxygen atoms in total. The highest BCUT2D eigenvalue weighted by Crippen LogP contribution is 2.48. The summed E-state index contributed by atoms with van der Waals surface area (Å²) in [4.78, 5) is 24.4. The highest BCUT2D eigenvalue weighted by atomic mass is 79.9. The Morgan fingerprint density at radius 1 is 1.37 bits per heavy atom. The molecule has 0 saturated heterocycles. The highest BCUT2D eigenvalue weighted by molar-refractivity contribution is 9.10. The van der Waals surface area contributed by atoms with Gasteiger partial charge in [-0.15, -0.1) is 0 Å². The van der Waals surface area contributed by atoms with Crippen LogP contribution in [0.15, 0.2) is 47.2 Å². The first-order valence-electron chi connectivity index (χ1n) is 10.6. The summed E-state index contributed by atoms with van der Waals surface area (Å²) >= 11 is 9.49. The van der Waals surface area contributed by atoms with E-state index in [4.69, 9.17) is 31.1 Å². The zero-order valence-electron chi connectivity index (χ0n) is 18.8. The van der Waals surface area contributed by atoms with E-state index in [1.54, 1.807) is 30.6 Å². The van der Waals surface area contributed by atoms with E-state index in [0.29, 0.717) is 27.8 Å². The maximum atomic E-state index is 13.6. The fourth-order valence-electron chi connectivity index (χ4n) is 3.62. The summed E-state index contributed by atoms with van der Waals surface area (Å²) in [6.07, 6.45) is 6.18. The Morgan fingerprint density at radius 2 is 2.14 bits per heavy atom. The lowest BCUT2D eigenvalue weighted by molar-refractivity contribution is -0.142. The van der Waals surface area contributed by atoms with Crippen molar-refractivity contribution in [3.05, 3.63) is 52.4 Å². The predicted molar refractivity (Wildman–Crippen MR) is 134 cm³/mol. The van der Waals surface area contributed by atoms with Crippen LogP contribution in [-0.4, -0.2) is 45.2 Å². The molecule has 2 heterocycles. The standard InChI is InChI=1S/C21H23BrClN6O5P/c1-12(20(30)32-2)28-35(31,34-16-6-4-3-5-15(16)22)33-10-13-7-8-14(9-13)29-11-25-17-18(23)26-21(24)27-19(17)29/h3-8,11-14H,9-10H2,1-2H3,(H,28,31)(H2,24,26,27)/t12-,13+,14-,35?/m0/s1. The van der Waals surface area contributed by atoms with Crippen molar-refractivity contribution in [2.45, 2.75) is 25.4 Å². The number of para-hydroxylation sites is 1. The van der Waals surface area contributed by atoms with Gasteiger partial charge >= 0.3 is 13.7 Å². The number of hydrogen-bond acceptors (Lipinski definition) is 9. The molecule has 4 atom stereocenters. The molecule has 0 radical (unpaired) electrons. The summed E-state index contributed by atoms with van der Waals surface area (Å²) in [7, 11) is -2.72. The average Bonchev–Trinajstić information content (AvgIpc) is 3.45. The maximum Gasteiger partial charge on any atom is 0.459 e. The summed E-state index contributed by atoms with van der Waals surface area (Å²) in [6.45, 7) is 1.58. The van der Waals surface area contributed by atoms with Gasteiger partial charge in [0.25, 0.3) is 0 Å². The molecule has 1 aliphatic carbocycles. The lowest BCUT2D eigenvalue weighted by atomic mass is 10.1. The number of ether oxygens (including phenoxy) is 1. The molecule has 0 bridgehead atoms. The number of nitrogens with one attached hydrogen (secondary N) is 1. The van der Waals surface area contributed by atoms with Gasteiger partial charge in [-0.1, -0.05) is 35.9 Å². The van der Waals surface area contributed by atoms with Gasteiger partial charge in [0.2, 0.25) is 5.95 Å². The van der Waals surface area contributed by atoms with Gasteiger partial charge in [-0.25, -0.2) is 9.55 Å². The normalized spacial score (nSPS) is 20.0. The zero-order valence-corrected chi connectivity index (χ0v) is 22.0. The van der Waals surface area contributed by atoms with Crippen molar-refractivity contribution in [1.29, 1.82) is 0 Å². The first kappa shape index (κ1) is 25.6. The maximum absolute atomic E-state index is 13.6. The summed E-state index contributed by atoms with van der Waals surface area (Å²) in [5.74, 6) is -0.336. The molecule has 35 heavy (non-hydrogen) atoms. The van der Waals surface area contributed by atoms with Gasteiger partial charge in [0, 0.05) is 5.92 Å². The van der Waals surface area contributed by atoms with Gasteiger partial charge in [-0.3, -0.25) is 9.32 Å². The van der Waals surface area contributed by atoms with Crippen LogP contribution in [0.4, 0.5) is 5.95 Å². The van der Waals surface area contributed by atoms with Crippen LogP contribution in [-0.2, 0) is 18.6 Å². The van der Waals surface area contributed by atoms with Gasteiger partial charge < -0.3 is 19.6 Å². The van der Waals surface area contributed by atoms with E-state index in [-0.39, 0.29) is 29.7 Å². The zero-order chi connectivity index (χ0) is 25.2. The predicted octanol–water partition coefficient (Wildman–Crippen LogP) is 4.30. The third-order valence-electron chi connectivity index (χ3n) is 5.32. The van der Waals surface area contributed by atoms with Gasteiger partial charge in [0.1, 0.15) is 17.3 Å². The molecule has 3 N–H and O–H groups in total. The number of allylic oxidation sites excluding steroid dienone is 1. The second-order valence-corrected chi connectivity index (χ2v) is 10.7. The van der Waals surface area contributed by atoms with Gasteiger partial charge in [-0.05, 0) is 41.4 Å². The molecule has 1 aliphatic rings. The van der Waals surface area contributed by atoms with Crippen molar-refractivity contribution in [1.82, 2.24) is 24.6 Å². The number of rotatable bonds is 9. The summed E-state index contributed by atoms with van der Waals surface area (Å²) in [6, 6.07) is 5.89. The molecule has 0 fully saturated rings. The lowest BCUT2D eigenvalue weighted by Gasteiger charge is -2.24. The second-order valence-electron chi connectivity index (χ2n) is 7.83. The van der Waals surface area contributed by atoms with Gasteiger partial charge in [0.15, 0.2) is 10.8 Å². The average molecular weight is 586 g/mol. The minimum atomic E-state index is -3.96. The number of imidazole rings is 1. The Balaban J connectivity index is 1.47. The number of carbonyl (C=O) groups excluding carboxylic acids is 1. The van der Waals surface area contributed by atoms with Crippen molar-refractivity contribution < 1.29 is 23.1 Å². The van der Waals surface area contributed by atoms with Crippen LogP contribution in [0, 0.1) is 5.92 Å². The molecule has 2 aromatic heterocycles. The van der Waals surface area contributed by atoms with E-state index in [2.05, 4.69) is 36.0 Å². The van der Waals surface area contributed by atoms with Crippen LogP contribution in [0.25, 0.3) is 11.2 Å². The van der Waals surface area contributed by atoms with E-state index in [1.165, 1.54) is 14.0 Å². The largest absolute Gasteiger partial charge is 0.468 e. The van der Waals surface area contributed by atoms with Crippen molar-refractivity contribution in [3.63, 3.8) is 0 Å². The molecular weight excluding hydrogens is 563 g/mol. The number of benzene rings is 1. The number of nitrogen functional groups attached to an aromatic ring is 1. The van der Waals surface area contributed by atoms with Crippen LogP contribution in [0.5, 0.6) is 5.75 Å². The molecule has 0 amide bonds. The molecule has 1 aromatic carbocycles. The molecule has 0 saturated carbocycles. The summed E-state index contributed by atoms with van der Waals surface area (Å²) in [5, 5.41) is 2.83. The second kappa shape index (κ2) is 10.6. The van der Waals surface area contributed by atoms with Crippen LogP contribution < -0.4 is 15.3 Å². The number of aromatic nitrogens is 4. The van der Waals surface area contributed by atoms with Crippen LogP contribution in [0.2, 0.25) is 5.15 Å². The molecule has 186 valence electrons. The number of halogens is 2. The smallest absolute Gasteiger partial charge is 0.459 e. The van der Waals surface area contributed by atoms with E-state index in [0.717, 1.165) is 0 Å². The van der Waals surface area contributed by atoms with Crippen LogP contribution >= 0.6 is 35.3 Å². The highest BCUT2D eigenvalue weighted by Gasteiger charge is 2.34. The molecule has 3 aromatic rings. The number of hydrogen-bond donors (Lipinski definition) is 2. The topological polar surface area (TPSA) is 143 Å². The first-order chi connectivity index (χ1) is 16.7. The van der Waals surface area contributed by atoms with Gasteiger partial charge in [-0.2, -0.15) is 15.1 Å². The monoisotopic (exact) mass is 584 g/mol. The Morgan fingerprint density at radius 3 is 2.89 bits per heavy atom. The Kier molecular flexibility index (Phi) is 7.77. The molecule has 0 aliphatic heterocycles. The number of esters is 1. The van der Waals surface area contributed by atoms with Crippen molar-refractivity contribution >= 4 is 58.4 Å². The van der Waals surface area contributed by atoms with Crippen molar-refractivity contribution in [2.75, 3.05) is 19.5 Å². The number of nitrogens with two attached hydrogens (primary N) is 1. The number of methoxy groups -OCH3 is 1. The fourth-order valence-corrected chi connectivity index (χ4v) is 5.90. The molecule has 0 spiro atoms. The Labute approximate surface area is 214 Å². The van der Waals surface area contributed by atoms with Crippen LogP contribution in [0.3, 0.4) is 0 Å². The lowest BCUT2D eigenvalue weighted by Crippen LogP contribution is -2.34. The van der Waals surface area contributed by atoms with Gasteiger partial charge in [0.05, 0.1) is 30.6 Å². The number of nitrogens with zero attached hydrogens (tertiary/aromatic N) is 4. The third-order valence-corrected chi connectivity index (χ3v) is 7.87. The SMILES string of the molecule is COC(=O)[C@H](C)NP(=O)(OC[C@@H]1C=C[C@H](n2cnc3c(Cl)nc(N)nc32)C1)Oc1ccccc1Br. The van der Waals surface area contributed by atoms with E-state index in [1.807, 2.05) is 16.7 Å². The molecule has 4 rings (SSSR count). The summed E-state index contributed by atoms with van der Waals surface area (Å²) < 4.78 is 32.3. The van der Waals surface area contributed by atoms with Crippen LogP contribution in [0.1, 0.15) is 19.4 Å². The van der Waals surface area contributed by atoms with Crippen molar-refractivity contribution in [3.8, 4) is 5.75 Å². The molecular formula is C21H23BrClN6O5P. The van der Waals surface area contributed by atoms with E-state index < -0.39 is 19.8 Å². The van der Waals surface area contributed by atoms with E-state index >= 15 is 0 Å².